The summed E-state index contributed by atoms with van der Waals surface area (Å²) in [6, 6.07) is 11.3. The van der Waals surface area contributed by atoms with Crippen molar-refractivity contribution in [2.45, 2.75) is 32.9 Å². The minimum Gasteiger partial charge on any atom is -0.479 e. The van der Waals surface area contributed by atoms with Crippen molar-refractivity contribution in [3.63, 3.8) is 0 Å². The Bertz CT molecular complexity index is 887. The molecule has 0 saturated heterocycles. The number of anilines is 2. The second-order valence-corrected chi connectivity index (χ2v) is 6.78. The van der Waals surface area contributed by atoms with E-state index in [4.69, 9.17) is 4.74 Å². The average molecular weight is 385 g/mol. The molecule has 3 amide bonds. The van der Waals surface area contributed by atoms with Gasteiger partial charge in [0.15, 0.2) is 6.10 Å². The van der Waals surface area contributed by atoms with Gasteiger partial charge < -0.3 is 19.9 Å². The van der Waals surface area contributed by atoms with Crippen LogP contribution in [0.1, 0.15) is 25.8 Å². The Kier molecular flexibility index (Phi) is 5.82. The van der Waals surface area contributed by atoms with E-state index in [1.807, 2.05) is 6.92 Å². The topological polar surface area (TPSA) is 61.9 Å². The van der Waals surface area contributed by atoms with Crippen LogP contribution in [-0.2, 0) is 11.3 Å². The number of carbonyl (C=O) groups excluding carboxylic acids is 2. The van der Waals surface area contributed by atoms with E-state index < -0.39 is 6.10 Å². The van der Waals surface area contributed by atoms with Crippen LogP contribution in [0.5, 0.6) is 5.75 Å². The predicted octanol–water partition coefficient (Wildman–Crippen LogP) is 4.01. The molecule has 1 aliphatic heterocycles. The third-order valence-electron chi connectivity index (χ3n) is 4.65. The molecule has 0 aromatic heterocycles. The fourth-order valence-corrected chi connectivity index (χ4v) is 3.15. The van der Waals surface area contributed by atoms with Gasteiger partial charge in [-0.15, -0.1) is 0 Å². The molecule has 1 aliphatic rings. The van der Waals surface area contributed by atoms with Crippen LogP contribution in [0.25, 0.3) is 0 Å². The SMILES string of the molecule is CCCN(Cc1ccccc1F)C(=O)Nc1ccc2c(c1)O[C@H](C)C(=O)N2C. The summed E-state index contributed by atoms with van der Waals surface area (Å²) in [6.07, 6.45) is 0.167. The Balaban J connectivity index is 1.76. The molecule has 0 aliphatic carbocycles. The predicted molar refractivity (Wildman–Crippen MR) is 106 cm³/mol. The Morgan fingerprint density at radius 2 is 2.04 bits per heavy atom. The molecule has 6 nitrogen and oxygen atoms in total. The maximum Gasteiger partial charge on any atom is 0.322 e. The largest absolute Gasteiger partial charge is 0.479 e. The van der Waals surface area contributed by atoms with Gasteiger partial charge in [0.2, 0.25) is 0 Å². The summed E-state index contributed by atoms with van der Waals surface area (Å²) >= 11 is 0. The monoisotopic (exact) mass is 385 g/mol. The fourth-order valence-electron chi connectivity index (χ4n) is 3.15. The third-order valence-corrected chi connectivity index (χ3v) is 4.65. The molecule has 0 bridgehead atoms. The minimum absolute atomic E-state index is 0.122. The molecule has 0 unspecified atom stereocenters. The number of amides is 3. The maximum atomic E-state index is 14.0. The van der Waals surface area contributed by atoms with E-state index in [0.29, 0.717) is 29.2 Å². The van der Waals surface area contributed by atoms with Crippen molar-refractivity contribution in [2.24, 2.45) is 0 Å². The van der Waals surface area contributed by atoms with Gasteiger partial charge >= 0.3 is 6.03 Å². The molecule has 0 fully saturated rings. The molecule has 28 heavy (non-hydrogen) atoms. The van der Waals surface area contributed by atoms with Crippen molar-refractivity contribution >= 4 is 23.3 Å². The van der Waals surface area contributed by atoms with Gasteiger partial charge in [-0.25, -0.2) is 9.18 Å². The average Bonchev–Trinajstić information content (AvgIpc) is 2.67. The lowest BCUT2D eigenvalue weighted by atomic mass is 10.2. The maximum absolute atomic E-state index is 14.0. The number of likely N-dealkylation sites (N-methyl/N-ethyl adjacent to an activating group) is 1. The highest BCUT2D eigenvalue weighted by molar-refractivity contribution is 6.00. The number of nitrogens with zero attached hydrogens (tertiary/aromatic N) is 2. The number of urea groups is 1. The molecule has 1 N–H and O–H groups in total. The molecule has 1 atom stereocenters. The molecular formula is C21H24FN3O3. The summed E-state index contributed by atoms with van der Waals surface area (Å²) in [5, 5.41) is 2.84. The summed E-state index contributed by atoms with van der Waals surface area (Å²) in [7, 11) is 1.69. The van der Waals surface area contributed by atoms with Gasteiger partial charge in [-0.05, 0) is 31.5 Å². The molecule has 0 radical (unpaired) electrons. The molecule has 2 aromatic rings. The number of hydrogen-bond acceptors (Lipinski definition) is 3. The molecule has 0 spiro atoms. The van der Waals surface area contributed by atoms with Crippen LogP contribution in [0.3, 0.4) is 0 Å². The van der Waals surface area contributed by atoms with Crippen molar-refractivity contribution in [3.8, 4) is 5.75 Å². The number of nitrogens with one attached hydrogen (secondary N) is 1. The number of halogens is 1. The van der Waals surface area contributed by atoms with E-state index in [0.717, 1.165) is 6.42 Å². The van der Waals surface area contributed by atoms with Crippen molar-refractivity contribution in [3.05, 3.63) is 53.8 Å². The highest BCUT2D eigenvalue weighted by Gasteiger charge is 2.29. The smallest absolute Gasteiger partial charge is 0.322 e. The lowest BCUT2D eigenvalue weighted by Crippen LogP contribution is -2.42. The number of fused-ring (bicyclic) bond motifs is 1. The van der Waals surface area contributed by atoms with E-state index in [-0.39, 0.29) is 24.3 Å². The van der Waals surface area contributed by atoms with E-state index >= 15 is 0 Å². The molecule has 1 heterocycles. The number of ether oxygens (including phenoxy) is 1. The Morgan fingerprint density at radius 3 is 2.75 bits per heavy atom. The first-order valence-electron chi connectivity index (χ1n) is 9.28. The van der Waals surface area contributed by atoms with Gasteiger partial charge in [-0.1, -0.05) is 25.1 Å². The van der Waals surface area contributed by atoms with Crippen LogP contribution < -0.4 is 15.0 Å². The van der Waals surface area contributed by atoms with Crippen LogP contribution in [-0.4, -0.2) is 36.5 Å². The van der Waals surface area contributed by atoms with Gasteiger partial charge in [0.1, 0.15) is 11.6 Å². The van der Waals surface area contributed by atoms with Gasteiger partial charge in [-0.2, -0.15) is 0 Å². The number of benzene rings is 2. The van der Waals surface area contributed by atoms with E-state index in [1.54, 1.807) is 55.3 Å². The second kappa shape index (κ2) is 8.29. The zero-order valence-corrected chi connectivity index (χ0v) is 16.2. The van der Waals surface area contributed by atoms with Crippen molar-refractivity contribution in [1.82, 2.24) is 4.90 Å². The van der Waals surface area contributed by atoms with Gasteiger partial charge in [0.05, 0.1) is 12.2 Å². The van der Waals surface area contributed by atoms with Crippen LogP contribution in [0.4, 0.5) is 20.6 Å². The summed E-state index contributed by atoms with van der Waals surface area (Å²) in [5.41, 5.74) is 1.67. The summed E-state index contributed by atoms with van der Waals surface area (Å²) < 4.78 is 19.6. The van der Waals surface area contributed by atoms with Gasteiger partial charge in [-0.3, -0.25) is 4.79 Å². The summed E-state index contributed by atoms with van der Waals surface area (Å²) in [4.78, 5) is 27.9. The highest BCUT2D eigenvalue weighted by Crippen LogP contribution is 2.35. The molecule has 3 rings (SSSR count). The molecule has 148 valence electrons. The first kappa shape index (κ1) is 19.7. The number of carbonyl (C=O) groups is 2. The standard InChI is InChI=1S/C21H24FN3O3/c1-4-11-25(13-15-7-5-6-8-17(15)22)21(27)23-16-9-10-18-19(12-16)28-14(2)20(26)24(18)3/h5-10,12,14H,4,11,13H2,1-3H3,(H,23,27)/t14-/m1/s1. The first-order chi connectivity index (χ1) is 13.4. The van der Waals surface area contributed by atoms with Crippen LogP contribution in [0, 0.1) is 5.82 Å². The number of hydrogen-bond donors (Lipinski definition) is 1. The summed E-state index contributed by atoms with van der Waals surface area (Å²) in [5.74, 6) is 0.0760. The molecule has 0 saturated carbocycles. The van der Waals surface area contributed by atoms with Crippen molar-refractivity contribution < 1.29 is 18.7 Å². The Labute approximate surface area is 163 Å². The Hall–Kier alpha value is -3.09. The third kappa shape index (κ3) is 4.08. The first-order valence-corrected chi connectivity index (χ1v) is 9.28. The lowest BCUT2D eigenvalue weighted by Gasteiger charge is -2.30. The quantitative estimate of drug-likeness (QED) is 0.846. The normalized spacial score (nSPS) is 15.6. The van der Waals surface area contributed by atoms with Crippen molar-refractivity contribution in [1.29, 1.82) is 0 Å². The number of rotatable bonds is 5. The zero-order chi connectivity index (χ0) is 20.3. The second-order valence-electron chi connectivity index (χ2n) is 6.78. The van der Waals surface area contributed by atoms with Gasteiger partial charge in [0, 0.05) is 30.9 Å². The van der Waals surface area contributed by atoms with Crippen LogP contribution in [0.2, 0.25) is 0 Å². The van der Waals surface area contributed by atoms with E-state index in [2.05, 4.69) is 5.32 Å². The minimum atomic E-state index is -0.582. The van der Waals surface area contributed by atoms with E-state index in [1.165, 1.54) is 11.0 Å². The molecular weight excluding hydrogens is 361 g/mol. The lowest BCUT2D eigenvalue weighted by molar-refractivity contribution is -0.125. The van der Waals surface area contributed by atoms with Crippen LogP contribution >= 0.6 is 0 Å². The van der Waals surface area contributed by atoms with E-state index in [9.17, 15) is 14.0 Å². The van der Waals surface area contributed by atoms with Crippen molar-refractivity contribution in [2.75, 3.05) is 23.8 Å². The Morgan fingerprint density at radius 1 is 1.29 bits per heavy atom. The zero-order valence-electron chi connectivity index (χ0n) is 16.2. The highest BCUT2D eigenvalue weighted by atomic mass is 19.1. The fraction of sp³-hybridized carbons (Fsp3) is 0.333. The van der Waals surface area contributed by atoms with Gasteiger partial charge in [0.25, 0.3) is 5.91 Å². The summed E-state index contributed by atoms with van der Waals surface area (Å²) in [6.45, 7) is 4.32. The molecule has 7 heteroatoms. The van der Waals surface area contributed by atoms with Crippen LogP contribution in [0.15, 0.2) is 42.5 Å². The molecule has 2 aromatic carbocycles.